The van der Waals surface area contributed by atoms with E-state index in [1.54, 1.807) is 18.2 Å². The van der Waals surface area contributed by atoms with Crippen molar-refractivity contribution in [2.75, 3.05) is 30.9 Å². The van der Waals surface area contributed by atoms with Crippen molar-refractivity contribution in [1.82, 2.24) is 9.88 Å². The summed E-state index contributed by atoms with van der Waals surface area (Å²) in [6.07, 6.45) is 3.75. The monoisotopic (exact) mass is 464 g/mol. The van der Waals surface area contributed by atoms with Gasteiger partial charge in [-0.3, -0.25) is 9.69 Å². The zero-order valence-electron chi connectivity index (χ0n) is 18.5. The van der Waals surface area contributed by atoms with Crippen LogP contribution in [0.3, 0.4) is 0 Å². The number of rotatable bonds is 5. The smallest absolute Gasteiger partial charge is 0.299 e. The van der Waals surface area contributed by atoms with Crippen molar-refractivity contribution in [2.45, 2.75) is 25.4 Å². The molecule has 1 fully saturated rings. The minimum atomic E-state index is -0.281. The van der Waals surface area contributed by atoms with Crippen LogP contribution in [0.1, 0.15) is 28.9 Å². The van der Waals surface area contributed by atoms with E-state index in [1.807, 2.05) is 31.3 Å². The van der Waals surface area contributed by atoms with Crippen LogP contribution in [0, 0.1) is 5.82 Å². The van der Waals surface area contributed by atoms with Crippen LogP contribution in [-0.2, 0) is 0 Å². The topological polar surface area (TPSA) is 61.6 Å². The molecule has 0 spiro atoms. The molecule has 1 saturated heterocycles. The van der Waals surface area contributed by atoms with E-state index in [1.165, 1.54) is 36.3 Å². The number of hydrogen-bond donors (Lipinski definition) is 1. The van der Waals surface area contributed by atoms with Crippen molar-refractivity contribution in [3.8, 4) is 10.4 Å². The molecule has 5 rings (SSSR count). The predicted molar refractivity (Wildman–Crippen MR) is 130 cm³/mol. The molecule has 2 aromatic carbocycles. The lowest BCUT2D eigenvalue weighted by molar-refractivity contribution is 0.103. The number of hydrogen-bond acceptors (Lipinski definition) is 6. The number of nitrogens with zero attached hydrogens (tertiary/aromatic N) is 3. The fourth-order valence-electron chi connectivity index (χ4n) is 4.24. The van der Waals surface area contributed by atoms with Crippen molar-refractivity contribution < 1.29 is 13.6 Å². The first-order valence-electron chi connectivity index (χ1n) is 11.0. The minimum Gasteiger partial charge on any atom is -0.423 e. The van der Waals surface area contributed by atoms with E-state index in [4.69, 9.17) is 4.42 Å². The summed E-state index contributed by atoms with van der Waals surface area (Å²) >= 11 is 1.37. The van der Waals surface area contributed by atoms with Crippen LogP contribution in [0.25, 0.3) is 21.5 Å². The van der Waals surface area contributed by atoms with Crippen molar-refractivity contribution in [3.05, 3.63) is 65.3 Å². The number of halogens is 1. The molecule has 0 bridgehead atoms. The molecule has 0 saturated carbocycles. The van der Waals surface area contributed by atoms with Crippen LogP contribution in [0.5, 0.6) is 0 Å². The second-order valence-electron chi connectivity index (χ2n) is 8.37. The van der Waals surface area contributed by atoms with Crippen LogP contribution < -0.4 is 10.2 Å². The Labute approximate surface area is 195 Å². The van der Waals surface area contributed by atoms with Crippen LogP contribution in [0.2, 0.25) is 0 Å². The van der Waals surface area contributed by atoms with Gasteiger partial charge in [0.15, 0.2) is 5.58 Å². The maximum Gasteiger partial charge on any atom is 0.299 e. The van der Waals surface area contributed by atoms with Crippen molar-refractivity contribution in [2.24, 2.45) is 0 Å². The Morgan fingerprint density at radius 1 is 1.18 bits per heavy atom. The number of benzene rings is 2. The highest BCUT2D eigenvalue weighted by molar-refractivity contribution is 7.17. The Balaban J connectivity index is 1.31. The molecular formula is C25H25FN4O2S. The minimum absolute atomic E-state index is 0.197. The lowest BCUT2D eigenvalue weighted by Crippen LogP contribution is -2.47. The van der Waals surface area contributed by atoms with Gasteiger partial charge in [-0.15, -0.1) is 11.3 Å². The molecule has 1 atom stereocenters. The zero-order valence-corrected chi connectivity index (χ0v) is 19.4. The quantitative estimate of drug-likeness (QED) is 0.403. The molecule has 1 amide bonds. The maximum absolute atomic E-state index is 13.2. The zero-order chi connectivity index (χ0) is 22.9. The normalized spacial score (nSPS) is 16.8. The summed E-state index contributed by atoms with van der Waals surface area (Å²) in [5.41, 5.74) is 2.92. The highest BCUT2D eigenvalue weighted by Gasteiger charge is 2.26. The molecule has 3 heterocycles. The molecule has 1 aliphatic heterocycles. The molecule has 4 aromatic rings. The van der Waals surface area contributed by atoms with Gasteiger partial charge in [-0.05, 0) is 80.9 Å². The SMILES string of the molecule is CN1CCCCC1N(C)c1nc2cc(NC(=O)c3ccc(-c4ccc(F)cc4)s3)ccc2o1. The first kappa shape index (κ1) is 21.6. The fraction of sp³-hybridized carbons (Fsp3) is 0.280. The first-order valence-corrected chi connectivity index (χ1v) is 11.8. The highest BCUT2D eigenvalue weighted by Crippen LogP contribution is 2.30. The van der Waals surface area contributed by atoms with E-state index < -0.39 is 0 Å². The van der Waals surface area contributed by atoms with Crippen LogP contribution in [0.4, 0.5) is 16.1 Å². The van der Waals surface area contributed by atoms with Gasteiger partial charge in [-0.1, -0.05) is 12.1 Å². The summed E-state index contributed by atoms with van der Waals surface area (Å²) in [4.78, 5) is 23.4. The number of piperidine rings is 1. The summed E-state index contributed by atoms with van der Waals surface area (Å²) in [5.74, 6) is -0.478. The fourth-order valence-corrected chi connectivity index (χ4v) is 5.15. The van der Waals surface area contributed by atoms with Gasteiger partial charge in [0.25, 0.3) is 11.9 Å². The Morgan fingerprint density at radius 3 is 2.79 bits per heavy atom. The number of anilines is 2. The Kier molecular flexibility index (Phi) is 5.86. The second kappa shape index (κ2) is 8.96. The number of carbonyl (C=O) groups excluding carboxylic acids is 1. The van der Waals surface area contributed by atoms with Gasteiger partial charge < -0.3 is 14.6 Å². The average molecular weight is 465 g/mol. The van der Waals surface area contributed by atoms with E-state index >= 15 is 0 Å². The Morgan fingerprint density at radius 2 is 2.00 bits per heavy atom. The summed E-state index contributed by atoms with van der Waals surface area (Å²) in [5, 5.41) is 2.94. The largest absolute Gasteiger partial charge is 0.423 e. The molecule has 2 aromatic heterocycles. The van der Waals surface area contributed by atoms with E-state index in [-0.39, 0.29) is 17.9 Å². The number of nitrogens with one attached hydrogen (secondary N) is 1. The summed E-state index contributed by atoms with van der Waals surface area (Å²) in [6, 6.07) is 16.0. The Bertz CT molecular complexity index is 1280. The first-order chi connectivity index (χ1) is 16.0. The van der Waals surface area contributed by atoms with Gasteiger partial charge in [0.2, 0.25) is 0 Å². The summed E-state index contributed by atoms with van der Waals surface area (Å²) in [6.45, 7) is 1.07. The number of carbonyl (C=O) groups is 1. The lowest BCUT2D eigenvalue weighted by atomic mass is 10.1. The van der Waals surface area contributed by atoms with Crippen LogP contribution in [0.15, 0.2) is 59.0 Å². The van der Waals surface area contributed by atoms with Crippen molar-refractivity contribution in [1.29, 1.82) is 0 Å². The number of aromatic nitrogens is 1. The van der Waals surface area contributed by atoms with E-state index in [2.05, 4.69) is 27.1 Å². The molecule has 6 nitrogen and oxygen atoms in total. The maximum atomic E-state index is 13.2. The third-order valence-electron chi connectivity index (χ3n) is 6.07. The van der Waals surface area contributed by atoms with E-state index in [0.717, 1.165) is 23.4 Å². The number of thiophene rings is 1. The number of fused-ring (bicyclic) bond motifs is 1. The average Bonchev–Trinajstić information content (AvgIpc) is 3.47. The number of amides is 1. The molecule has 170 valence electrons. The molecule has 0 aliphatic carbocycles. The molecule has 1 aliphatic rings. The molecule has 8 heteroatoms. The summed E-state index contributed by atoms with van der Waals surface area (Å²) < 4.78 is 19.2. The van der Waals surface area contributed by atoms with Crippen molar-refractivity contribution >= 4 is 40.0 Å². The second-order valence-corrected chi connectivity index (χ2v) is 9.46. The lowest BCUT2D eigenvalue weighted by Gasteiger charge is -2.37. The summed E-state index contributed by atoms with van der Waals surface area (Å²) in [7, 11) is 4.14. The molecule has 1 unspecified atom stereocenters. The van der Waals surface area contributed by atoms with Crippen LogP contribution in [-0.4, -0.2) is 42.6 Å². The van der Waals surface area contributed by atoms with E-state index in [9.17, 15) is 9.18 Å². The van der Waals surface area contributed by atoms with E-state index in [0.29, 0.717) is 27.7 Å². The Hall–Kier alpha value is -3.23. The number of likely N-dealkylation sites (tertiary alicyclic amines) is 1. The third kappa shape index (κ3) is 4.49. The highest BCUT2D eigenvalue weighted by atomic mass is 32.1. The molecule has 33 heavy (non-hydrogen) atoms. The predicted octanol–water partition coefficient (Wildman–Crippen LogP) is 5.83. The van der Waals surface area contributed by atoms with Crippen LogP contribution >= 0.6 is 11.3 Å². The van der Waals surface area contributed by atoms with Gasteiger partial charge >= 0.3 is 0 Å². The standard InChI is InChI=1S/C25H25FN4O2S/c1-29-14-4-3-5-23(29)30(2)25-28-19-15-18(10-11-20(19)32-25)27-24(31)22-13-12-21(33-22)16-6-8-17(26)9-7-16/h6-13,15,23H,3-5,14H2,1-2H3,(H,27,31). The molecule has 0 radical (unpaired) electrons. The van der Waals surface area contributed by atoms with Gasteiger partial charge in [0, 0.05) is 17.6 Å². The van der Waals surface area contributed by atoms with Crippen molar-refractivity contribution in [3.63, 3.8) is 0 Å². The molecule has 1 N–H and O–H groups in total. The van der Waals surface area contributed by atoms with Gasteiger partial charge in [0.1, 0.15) is 11.3 Å². The molecular weight excluding hydrogens is 439 g/mol. The third-order valence-corrected chi connectivity index (χ3v) is 7.21. The van der Waals surface area contributed by atoms with Gasteiger partial charge in [-0.2, -0.15) is 4.98 Å². The van der Waals surface area contributed by atoms with Gasteiger partial charge in [0.05, 0.1) is 11.0 Å². The van der Waals surface area contributed by atoms with Gasteiger partial charge in [-0.25, -0.2) is 4.39 Å². The number of oxazole rings is 1.